The Morgan fingerprint density at radius 2 is 1.36 bits per heavy atom. The number of aryl methyl sites for hydroxylation is 2. The minimum atomic E-state index is -0.222. The van der Waals surface area contributed by atoms with Crippen LogP contribution in [0.3, 0.4) is 0 Å². The zero-order valence-corrected chi connectivity index (χ0v) is 35.5. The number of benzene rings is 2. The van der Waals surface area contributed by atoms with Gasteiger partial charge in [0, 0.05) is 11.1 Å². The highest BCUT2D eigenvalue weighted by Gasteiger charge is 2.62. The van der Waals surface area contributed by atoms with E-state index >= 15 is 0 Å². The average molecular weight is 678 g/mol. The van der Waals surface area contributed by atoms with Gasteiger partial charge in [-0.3, -0.25) is 0 Å². The van der Waals surface area contributed by atoms with Crippen LogP contribution in [0.4, 0.5) is 0 Å². The van der Waals surface area contributed by atoms with Gasteiger partial charge in [-0.25, -0.2) is 0 Å². The predicted molar refractivity (Wildman–Crippen MR) is 228 cm³/mol. The highest BCUT2D eigenvalue weighted by atomic mass is 14.7. The van der Waals surface area contributed by atoms with Crippen molar-refractivity contribution in [1.29, 1.82) is 0 Å². The van der Waals surface area contributed by atoms with Gasteiger partial charge in [-0.2, -0.15) is 0 Å². The molecule has 3 aliphatic rings. The maximum atomic E-state index is 6.39. The SMILES string of the molecule is C=C(C)CC.C=C(N)C1=C(C)C(C)C2(C)CC3(C)Cc4c(-c5ccc(CC)cc5)ccc(C)c4C(=C)C3=C(C)C2(C)C1=C.CC.CC.CCC. The van der Waals surface area contributed by atoms with Crippen molar-refractivity contribution in [3.05, 3.63) is 124 Å². The predicted octanol–water partition coefficient (Wildman–Crippen LogP) is 15.0. The van der Waals surface area contributed by atoms with Crippen LogP contribution in [0.15, 0.2) is 102 Å². The summed E-state index contributed by atoms with van der Waals surface area (Å²) in [5.74, 6) is 0.356. The first-order chi connectivity index (χ1) is 23.4. The molecule has 0 fully saturated rings. The average Bonchev–Trinajstić information content (AvgIpc) is 3.08. The molecule has 276 valence electrons. The molecule has 2 aromatic rings. The number of hydrogen-bond acceptors (Lipinski definition) is 1. The molecule has 1 nitrogen and oxygen atoms in total. The molecule has 0 aromatic heterocycles. The lowest BCUT2D eigenvalue weighted by atomic mass is 9.39. The molecule has 0 radical (unpaired) electrons. The lowest BCUT2D eigenvalue weighted by Gasteiger charge is -2.64. The Labute approximate surface area is 310 Å². The molecule has 4 atom stereocenters. The monoisotopic (exact) mass is 678 g/mol. The Balaban J connectivity index is 0.000000918. The van der Waals surface area contributed by atoms with Gasteiger partial charge in [0.25, 0.3) is 0 Å². The van der Waals surface area contributed by atoms with Crippen molar-refractivity contribution in [2.24, 2.45) is 27.9 Å². The molecule has 2 N–H and O–H groups in total. The fraction of sp³-hybridized carbons (Fsp3) is 0.510. The van der Waals surface area contributed by atoms with E-state index in [1.807, 2.05) is 34.6 Å². The van der Waals surface area contributed by atoms with E-state index in [2.05, 4.69) is 126 Å². The summed E-state index contributed by atoms with van der Waals surface area (Å²) in [4.78, 5) is 0. The first-order valence-corrected chi connectivity index (χ1v) is 19.5. The zero-order valence-electron chi connectivity index (χ0n) is 35.5. The molecule has 1 heteroatoms. The second-order valence-electron chi connectivity index (χ2n) is 15.1. The van der Waals surface area contributed by atoms with E-state index in [1.54, 1.807) is 0 Å². The van der Waals surface area contributed by atoms with Crippen molar-refractivity contribution in [3.8, 4) is 11.1 Å². The van der Waals surface area contributed by atoms with Gasteiger partial charge in [0.15, 0.2) is 0 Å². The van der Waals surface area contributed by atoms with E-state index in [4.69, 9.17) is 18.9 Å². The Morgan fingerprint density at radius 3 is 1.80 bits per heavy atom. The van der Waals surface area contributed by atoms with Crippen LogP contribution < -0.4 is 5.73 Å². The van der Waals surface area contributed by atoms with Crippen LogP contribution in [-0.4, -0.2) is 0 Å². The van der Waals surface area contributed by atoms with E-state index in [-0.39, 0.29) is 16.2 Å². The highest BCUT2D eigenvalue weighted by Crippen LogP contribution is 2.71. The molecule has 3 aliphatic carbocycles. The molecule has 0 amide bonds. The summed E-state index contributed by atoms with van der Waals surface area (Å²) in [5, 5.41) is 0. The van der Waals surface area contributed by atoms with Gasteiger partial charge in [-0.05, 0) is 126 Å². The molecule has 0 aliphatic heterocycles. The first kappa shape index (κ1) is 44.7. The third-order valence-electron chi connectivity index (χ3n) is 11.8. The molecule has 4 unspecified atom stereocenters. The molecule has 2 aromatic carbocycles. The van der Waals surface area contributed by atoms with Gasteiger partial charge in [-0.15, -0.1) is 6.58 Å². The Morgan fingerprint density at radius 1 is 0.860 bits per heavy atom. The van der Waals surface area contributed by atoms with Gasteiger partial charge in [-0.1, -0.05) is 162 Å². The van der Waals surface area contributed by atoms with Crippen LogP contribution in [0.2, 0.25) is 0 Å². The smallest absolute Gasteiger partial charge is 0.0317 e. The van der Waals surface area contributed by atoms with Gasteiger partial charge in [0.2, 0.25) is 0 Å². The van der Waals surface area contributed by atoms with Crippen molar-refractivity contribution in [2.45, 2.75) is 143 Å². The second kappa shape index (κ2) is 18.3. The van der Waals surface area contributed by atoms with Crippen molar-refractivity contribution in [1.82, 2.24) is 0 Å². The van der Waals surface area contributed by atoms with E-state index in [0.29, 0.717) is 11.6 Å². The number of rotatable bonds is 4. The van der Waals surface area contributed by atoms with E-state index in [9.17, 15) is 0 Å². The molecular formula is C49H75N. The molecule has 0 spiro atoms. The lowest BCUT2D eigenvalue weighted by Crippen LogP contribution is -2.55. The Bertz CT molecular complexity index is 1600. The fourth-order valence-corrected chi connectivity index (χ4v) is 8.81. The van der Waals surface area contributed by atoms with Crippen LogP contribution in [0, 0.1) is 29.1 Å². The van der Waals surface area contributed by atoms with Crippen molar-refractivity contribution in [2.75, 3.05) is 0 Å². The van der Waals surface area contributed by atoms with E-state index in [1.165, 1.54) is 67.7 Å². The molecular weight excluding hydrogens is 603 g/mol. The lowest BCUT2D eigenvalue weighted by molar-refractivity contribution is 0.0142. The van der Waals surface area contributed by atoms with Crippen LogP contribution >= 0.6 is 0 Å². The van der Waals surface area contributed by atoms with Crippen molar-refractivity contribution < 1.29 is 0 Å². The summed E-state index contributed by atoms with van der Waals surface area (Å²) in [6, 6.07) is 13.8. The van der Waals surface area contributed by atoms with Crippen molar-refractivity contribution in [3.63, 3.8) is 0 Å². The van der Waals surface area contributed by atoms with Crippen molar-refractivity contribution >= 4 is 5.57 Å². The standard InChI is InChI=1S/C37H45N.C5H10.C3H8.2C2H6/c1-12-28-14-16-29(17-15-28)30-18-13-21(2)32-23(4)34-26(7)37(11)25(6)33(27(8)38)22(3)24(5)36(37,10)20-35(34,9)19-31(30)32;1-4-5(2)3;1-3-2;2*1-2/h13-18,24H,4,6,8,12,19-20,38H2,1-3,5,7,9-11H3;2,4H2,1,3H3;3H2,1-2H3;2*1-2H3. The Hall–Kier alpha value is -3.32. The summed E-state index contributed by atoms with van der Waals surface area (Å²) in [7, 11) is 0. The number of hydrogen-bond donors (Lipinski definition) is 1. The second-order valence-corrected chi connectivity index (χ2v) is 15.1. The number of nitrogens with two attached hydrogens (primary N) is 1. The summed E-state index contributed by atoms with van der Waals surface area (Å²) in [6.07, 6.45) is 5.51. The van der Waals surface area contributed by atoms with Gasteiger partial charge in [0.05, 0.1) is 0 Å². The number of allylic oxidation sites excluding steroid dienone is 6. The molecule has 5 rings (SSSR count). The minimum Gasteiger partial charge on any atom is -0.399 e. The maximum Gasteiger partial charge on any atom is 0.0317 e. The quantitative estimate of drug-likeness (QED) is 0.320. The van der Waals surface area contributed by atoms with Gasteiger partial charge < -0.3 is 5.73 Å². The molecule has 0 saturated heterocycles. The van der Waals surface area contributed by atoms with Gasteiger partial charge >= 0.3 is 0 Å². The maximum absolute atomic E-state index is 6.39. The normalized spacial score (nSPS) is 24.7. The third-order valence-corrected chi connectivity index (χ3v) is 11.8. The summed E-state index contributed by atoms with van der Waals surface area (Å²) in [6.45, 7) is 52.6. The van der Waals surface area contributed by atoms with E-state index in [0.717, 1.165) is 36.8 Å². The molecule has 0 bridgehead atoms. The zero-order chi connectivity index (χ0) is 38.9. The third kappa shape index (κ3) is 7.93. The summed E-state index contributed by atoms with van der Waals surface area (Å²) in [5.41, 5.74) is 23.7. The molecule has 0 saturated carbocycles. The largest absolute Gasteiger partial charge is 0.399 e. The first-order valence-electron chi connectivity index (χ1n) is 19.5. The molecule has 0 heterocycles. The Kier molecular flexibility index (Phi) is 16.3. The van der Waals surface area contributed by atoms with Gasteiger partial charge in [0.1, 0.15) is 0 Å². The minimum absolute atomic E-state index is 0.00000404. The van der Waals surface area contributed by atoms with E-state index < -0.39 is 0 Å². The summed E-state index contributed by atoms with van der Waals surface area (Å²) >= 11 is 0. The van der Waals surface area contributed by atoms with Crippen LogP contribution in [-0.2, 0) is 12.8 Å². The topological polar surface area (TPSA) is 26.0 Å². The van der Waals surface area contributed by atoms with Crippen LogP contribution in [0.25, 0.3) is 16.7 Å². The van der Waals surface area contributed by atoms with Crippen LogP contribution in [0.5, 0.6) is 0 Å². The van der Waals surface area contributed by atoms with Crippen LogP contribution in [0.1, 0.15) is 145 Å². The summed E-state index contributed by atoms with van der Waals surface area (Å²) < 4.78 is 0. The fourth-order valence-electron chi connectivity index (χ4n) is 8.81. The number of fused-ring (bicyclic) bond motifs is 3. The highest BCUT2D eigenvalue weighted by molar-refractivity contribution is 5.90. The molecule has 50 heavy (non-hydrogen) atoms.